The Balaban J connectivity index is 2.45. The van der Waals surface area contributed by atoms with Crippen LogP contribution in [-0.4, -0.2) is 18.2 Å². The fraction of sp³-hybridized carbons (Fsp3) is 0.188. The second-order valence-electron chi connectivity index (χ2n) is 4.62. The Bertz CT molecular complexity index is 729. The Hall–Kier alpha value is -2.13. The molecule has 0 atom stereocenters. The van der Waals surface area contributed by atoms with Gasteiger partial charge in [0.05, 0.1) is 11.0 Å². The topological polar surface area (TPSA) is 34.0 Å². The van der Waals surface area contributed by atoms with Crippen LogP contribution in [0.5, 0.6) is 0 Å². The van der Waals surface area contributed by atoms with Gasteiger partial charge in [-0.25, -0.2) is 0 Å². The largest absolute Gasteiger partial charge is 0.339 e. The minimum atomic E-state index is 0.118. The molecule has 0 amide bonds. The molecule has 3 rings (SSSR count). The molecule has 0 unspecified atom stereocenters. The molecule has 2 aromatic carbocycles. The molecular formula is C16H16N2O. The van der Waals surface area contributed by atoms with Gasteiger partial charge >= 0.3 is 0 Å². The van der Waals surface area contributed by atoms with Gasteiger partial charge in [-0.3, -0.25) is 4.79 Å². The van der Waals surface area contributed by atoms with E-state index in [1.165, 1.54) is 0 Å². The van der Waals surface area contributed by atoms with E-state index in [-0.39, 0.29) is 5.43 Å². The van der Waals surface area contributed by atoms with Crippen molar-refractivity contribution in [2.45, 2.75) is 6.54 Å². The van der Waals surface area contributed by atoms with Crippen LogP contribution in [0.2, 0.25) is 0 Å². The van der Waals surface area contributed by atoms with Crippen LogP contribution in [0.4, 0.5) is 0 Å². The van der Waals surface area contributed by atoms with Gasteiger partial charge in [0.2, 0.25) is 0 Å². The highest BCUT2D eigenvalue weighted by molar-refractivity contribution is 5.93. The Kier molecular flexibility index (Phi) is 3.05. The molecular weight excluding hydrogens is 236 g/mol. The molecule has 96 valence electrons. The van der Waals surface area contributed by atoms with Gasteiger partial charge in [0.25, 0.3) is 0 Å². The molecule has 0 aliphatic rings. The molecule has 3 aromatic rings. The monoisotopic (exact) mass is 252 g/mol. The zero-order valence-corrected chi connectivity index (χ0v) is 10.9. The highest BCUT2D eigenvalue weighted by Gasteiger charge is 2.09. The van der Waals surface area contributed by atoms with Crippen LogP contribution in [0.25, 0.3) is 21.8 Å². The summed E-state index contributed by atoms with van der Waals surface area (Å²) in [4.78, 5) is 12.5. The van der Waals surface area contributed by atoms with Crippen LogP contribution >= 0.6 is 0 Å². The standard InChI is InChI=1S/C16H16N2O/c1-17-10-11-18-14-8-4-2-6-12(14)16(19)13-7-3-5-9-15(13)18/h2-9,17H,10-11H2,1H3. The van der Waals surface area contributed by atoms with Crippen molar-refractivity contribution in [3.8, 4) is 0 Å². The van der Waals surface area contributed by atoms with Crippen molar-refractivity contribution in [1.82, 2.24) is 9.88 Å². The maximum absolute atomic E-state index is 12.5. The van der Waals surface area contributed by atoms with E-state index in [2.05, 4.69) is 9.88 Å². The average molecular weight is 252 g/mol. The number of likely N-dealkylation sites (N-methyl/N-ethyl adjacent to an activating group) is 1. The molecule has 3 heteroatoms. The minimum Gasteiger partial charge on any atom is -0.339 e. The summed E-state index contributed by atoms with van der Waals surface area (Å²) in [5, 5.41) is 4.74. The van der Waals surface area contributed by atoms with Crippen LogP contribution in [-0.2, 0) is 6.54 Å². The second-order valence-corrected chi connectivity index (χ2v) is 4.62. The van der Waals surface area contributed by atoms with Gasteiger partial charge in [0.1, 0.15) is 0 Å². The lowest BCUT2D eigenvalue weighted by Crippen LogP contribution is -2.18. The number of hydrogen-bond acceptors (Lipinski definition) is 2. The number of nitrogens with zero attached hydrogens (tertiary/aromatic N) is 1. The van der Waals surface area contributed by atoms with E-state index in [4.69, 9.17) is 0 Å². The fourth-order valence-corrected chi connectivity index (χ4v) is 2.54. The number of aromatic nitrogens is 1. The zero-order valence-electron chi connectivity index (χ0n) is 10.9. The highest BCUT2D eigenvalue weighted by atomic mass is 16.1. The van der Waals surface area contributed by atoms with Crippen LogP contribution in [0, 0.1) is 0 Å². The number of nitrogens with one attached hydrogen (secondary N) is 1. The third kappa shape index (κ3) is 1.92. The highest BCUT2D eigenvalue weighted by Crippen LogP contribution is 2.18. The molecule has 0 radical (unpaired) electrons. The van der Waals surface area contributed by atoms with Crippen molar-refractivity contribution in [2.75, 3.05) is 13.6 Å². The maximum atomic E-state index is 12.5. The second kappa shape index (κ2) is 4.86. The van der Waals surface area contributed by atoms with Crippen molar-refractivity contribution >= 4 is 21.8 Å². The molecule has 1 heterocycles. The molecule has 0 spiro atoms. The lowest BCUT2D eigenvalue weighted by atomic mass is 10.1. The number of fused-ring (bicyclic) bond motifs is 2. The first-order chi connectivity index (χ1) is 9.33. The number of para-hydroxylation sites is 2. The van der Waals surface area contributed by atoms with E-state index in [1.807, 2.05) is 55.6 Å². The predicted molar refractivity (Wildman–Crippen MR) is 79.6 cm³/mol. The molecule has 1 aromatic heterocycles. The Labute approximate surface area is 111 Å². The zero-order chi connectivity index (χ0) is 13.2. The maximum Gasteiger partial charge on any atom is 0.197 e. The molecule has 1 N–H and O–H groups in total. The third-order valence-corrected chi connectivity index (χ3v) is 3.46. The SMILES string of the molecule is CNCCn1c2ccccc2c(=O)c2ccccc21. The summed E-state index contributed by atoms with van der Waals surface area (Å²) in [5.74, 6) is 0. The van der Waals surface area contributed by atoms with Crippen LogP contribution in [0.3, 0.4) is 0 Å². The number of pyridine rings is 1. The normalized spacial score (nSPS) is 11.2. The summed E-state index contributed by atoms with van der Waals surface area (Å²) < 4.78 is 2.21. The average Bonchev–Trinajstić information content (AvgIpc) is 2.47. The molecule has 0 fully saturated rings. The quantitative estimate of drug-likeness (QED) is 0.726. The Morgan fingerprint density at radius 2 is 1.47 bits per heavy atom. The van der Waals surface area contributed by atoms with E-state index in [0.717, 1.165) is 34.9 Å². The Morgan fingerprint density at radius 3 is 2.00 bits per heavy atom. The van der Waals surface area contributed by atoms with E-state index in [1.54, 1.807) is 0 Å². The lowest BCUT2D eigenvalue weighted by Gasteiger charge is -2.14. The van der Waals surface area contributed by atoms with E-state index < -0.39 is 0 Å². The number of rotatable bonds is 3. The van der Waals surface area contributed by atoms with Crippen molar-refractivity contribution < 1.29 is 0 Å². The molecule has 0 saturated heterocycles. The summed E-state index contributed by atoms with van der Waals surface area (Å²) in [5.41, 5.74) is 2.12. The van der Waals surface area contributed by atoms with E-state index in [9.17, 15) is 4.79 Å². The summed E-state index contributed by atoms with van der Waals surface area (Å²) in [6, 6.07) is 15.6. The first-order valence-corrected chi connectivity index (χ1v) is 6.48. The molecule has 0 aliphatic carbocycles. The summed E-state index contributed by atoms with van der Waals surface area (Å²) in [6.45, 7) is 1.72. The lowest BCUT2D eigenvalue weighted by molar-refractivity contribution is 0.674. The molecule has 3 nitrogen and oxygen atoms in total. The fourth-order valence-electron chi connectivity index (χ4n) is 2.54. The number of hydrogen-bond donors (Lipinski definition) is 1. The van der Waals surface area contributed by atoms with Crippen molar-refractivity contribution in [3.63, 3.8) is 0 Å². The van der Waals surface area contributed by atoms with E-state index >= 15 is 0 Å². The first kappa shape index (κ1) is 11.9. The molecule has 0 saturated carbocycles. The molecule has 19 heavy (non-hydrogen) atoms. The molecule has 0 aliphatic heterocycles. The number of benzene rings is 2. The van der Waals surface area contributed by atoms with Crippen LogP contribution < -0.4 is 10.7 Å². The smallest absolute Gasteiger partial charge is 0.197 e. The van der Waals surface area contributed by atoms with Gasteiger partial charge in [-0.1, -0.05) is 24.3 Å². The van der Waals surface area contributed by atoms with Gasteiger partial charge in [0.15, 0.2) is 5.43 Å². The van der Waals surface area contributed by atoms with Crippen molar-refractivity contribution in [1.29, 1.82) is 0 Å². The van der Waals surface area contributed by atoms with Crippen LogP contribution in [0.15, 0.2) is 53.3 Å². The van der Waals surface area contributed by atoms with Gasteiger partial charge in [0, 0.05) is 23.9 Å². The van der Waals surface area contributed by atoms with E-state index in [0.29, 0.717) is 0 Å². The van der Waals surface area contributed by atoms with Gasteiger partial charge in [-0.15, -0.1) is 0 Å². The van der Waals surface area contributed by atoms with Gasteiger partial charge in [-0.05, 0) is 31.3 Å². The van der Waals surface area contributed by atoms with Crippen molar-refractivity contribution in [3.05, 3.63) is 58.8 Å². The van der Waals surface area contributed by atoms with Crippen molar-refractivity contribution in [2.24, 2.45) is 0 Å². The van der Waals surface area contributed by atoms with Crippen LogP contribution in [0.1, 0.15) is 0 Å². The minimum absolute atomic E-state index is 0.118. The summed E-state index contributed by atoms with van der Waals surface area (Å²) in [7, 11) is 1.94. The summed E-state index contributed by atoms with van der Waals surface area (Å²) in [6.07, 6.45) is 0. The van der Waals surface area contributed by atoms with Gasteiger partial charge < -0.3 is 9.88 Å². The summed E-state index contributed by atoms with van der Waals surface area (Å²) >= 11 is 0. The Morgan fingerprint density at radius 1 is 0.947 bits per heavy atom. The predicted octanol–water partition coefficient (Wildman–Crippen LogP) is 2.37. The molecule has 0 bridgehead atoms. The first-order valence-electron chi connectivity index (χ1n) is 6.48. The van der Waals surface area contributed by atoms with Gasteiger partial charge in [-0.2, -0.15) is 0 Å². The third-order valence-electron chi connectivity index (χ3n) is 3.46.